The molecule has 1 saturated heterocycles. The molecule has 1 unspecified atom stereocenters. The van der Waals surface area contributed by atoms with Crippen molar-refractivity contribution >= 4 is 23.5 Å². The van der Waals surface area contributed by atoms with Crippen LogP contribution in [-0.2, 0) is 19.1 Å². The summed E-state index contributed by atoms with van der Waals surface area (Å²) in [5, 5.41) is -0.0998. The largest absolute Gasteiger partial charge is 0.500 e. The Labute approximate surface area is 142 Å². The van der Waals surface area contributed by atoms with E-state index in [0.29, 0.717) is 18.1 Å². The molecule has 5 nitrogen and oxygen atoms in total. The Morgan fingerprint density at radius 2 is 1.65 bits per heavy atom. The number of thioether (sulfide) groups is 1. The van der Waals surface area contributed by atoms with Crippen molar-refractivity contribution in [3.8, 4) is 0 Å². The fourth-order valence-electron chi connectivity index (χ4n) is 3.25. The molecular formula is C17H25NO4S. The van der Waals surface area contributed by atoms with E-state index < -0.39 is 5.41 Å². The van der Waals surface area contributed by atoms with Crippen LogP contribution in [0.15, 0.2) is 23.7 Å². The van der Waals surface area contributed by atoms with Gasteiger partial charge in [0.2, 0.25) is 5.91 Å². The molecule has 0 aromatic heterocycles. The van der Waals surface area contributed by atoms with Crippen molar-refractivity contribution in [2.24, 2.45) is 5.41 Å². The van der Waals surface area contributed by atoms with E-state index in [1.807, 2.05) is 18.7 Å². The minimum Gasteiger partial charge on any atom is -0.500 e. The number of amides is 1. The van der Waals surface area contributed by atoms with Crippen LogP contribution in [0.1, 0.15) is 27.7 Å². The van der Waals surface area contributed by atoms with Crippen molar-refractivity contribution in [2.45, 2.75) is 44.2 Å². The molecule has 6 heteroatoms. The van der Waals surface area contributed by atoms with Crippen molar-refractivity contribution in [1.82, 2.24) is 4.90 Å². The van der Waals surface area contributed by atoms with Gasteiger partial charge in [-0.3, -0.25) is 9.59 Å². The molecule has 1 atom stereocenters. The topological polar surface area (TPSA) is 55.8 Å². The summed E-state index contributed by atoms with van der Waals surface area (Å²) in [6.45, 7) is 8.57. The minimum atomic E-state index is -0.742. The fraction of sp³-hybridized carbons (Fsp3) is 0.647. The van der Waals surface area contributed by atoms with E-state index in [-0.39, 0.29) is 28.2 Å². The average molecular weight is 339 g/mol. The van der Waals surface area contributed by atoms with E-state index in [2.05, 4.69) is 13.8 Å². The number of rotatable bonds is 5. The predicted molar refractivity (Wildman–Crippen MR) is 91.0 cm³/mol. The van der Waals surface area contributed by atoms with Gasteiger partial charge in [0.15, 0.2) is 5.78 Å². The van der Waals surface area contributed by atoms with Crippen LogP contribution in [-0.4, -0.2) is 53.9 Å². The van der Waals surface area contributed by atoms with Crippen LogP contribution < -0.4 is 0 Å². The predicted octanol–water partition coefficient (Wildman–Crippen LogP) is 2.38. The molecular weight excluding hydrogens is 314 g/mol. The second kappa shape index (κ2) is 6.59. The Kier molecular flexibility index (Phi) is 5.14. The Balaban J connectivity index is 2.61. The molecule has 2 aliphatic rings. The van der Waals surface area contributed by atoms with Crippen molar-refractivity contribution in [3.05, 3.63) is 23.7 Å². The Morgan fingerprint density at radius 3 is 2.04 bits per heavy atom. The molecule has 1 heterocycles. The van der Waals surface area contributed by atoms with Crippen molar-refractivity contribution in [3.63, 3.8) is 0 Å². The molecule has 0 bridgehead atoms. The van der Waals surface area contributed by atoms with Gasteiger partial charge in [0.1, 0.15) is 22.2 Å². The second-order valence-electron chi connectivity index (χ2n) is 6.42. The maximum atomic E-state index is 13.0. The second-order valence-corrected chi connectivity index (χ2v) is 8.11. The first kappa shape index (κ1) is 17.9. The van der Waals surface area contributed by atoms with E-state index in [1.54, 1.807) is 26.0 Å². The number of ether oxygens (including phenoxy) is 2. The van der Waals surface area contributed by atoms with Gasteiger partial charge in [-0.25, -0.2) is 0 Å². The van der Waals surface area contributed by atoms with Crippen LogP contribution in [0.2, 0.25) is 0 Å². The van der Waals surface area contributed by atoms with Crippen molar-refractivity contribution < 1.29 is 19.1 Å². The zero-order valence-corrected chi connectivity index (χ0v) is 15.4. The highest BCUT2D eigenvalue weighted by Gasteiger charge is 2.60. The van der Waals surface area contributed by atoms with Gasteiger partial charge in [0, 0.05) is 24.7 Å². The monoisotopic (exact) mass is 339 g/mol. The van der Waals surface area contributed by atoms with E-state index in [1.165, 1.54) is 12.2 Å². The summed E-state index contributed by atoms with van der Waals surface area (Å²) in [7, 11) is 3.08. The first-order valence-electron chi connectivity index (χ1n) is 7.80. The Bertz CT molecular complexity index is 541. The maximum Gasteiger partial charge on any atom is 0.237 e. The number of hydrogen-bond donors (Lipinski definition) is 0. The van der Waals surface area contributed by atoms with E-state index in [0.717, 1.165) is 0 Å². The lowest BCUT2D eigenvalue weighted by molar-refractivity contribution is -0.128. The summed E-state index contributed by atoms with van der Waals surface area (Å²) >= 11 is 1.59. The third kappa shape index (κ3) is 2.89. The number of methoxy groups -OCH3 is 2. The van der Waals surface area contributed by atoms with Crippen molar-refractivity contribution in [1.29, 1.82) is 0 Å². The summed E-state index contributed by atoms with van der Waals surface area (Å²) in [6.07, 6.45) is 2.96. The van der Waals surface area contributed by atoms with Gasteiger partial charge in [-0.2, -0.15) is 0 Å². The summed E-state index contributed by atoms with van der Waals surface area (Å²) in [5.41, 5.74) is -0.742. The van der Waals surface area contributed by atoms with Gasteiger partial charge in [-0.1, -0.05) is 13.8 Å². The van der Waals surface area contributed by atoms with Crippen LogP contribution >= 0.6 is 11.8 Å². The molecule has 23 heavy (non-hydrogen) atoms. The summed E-state index contributed by atoms with van der Waals surface area (Å²) < 4.78 is 11.1. The van der Waals surface area contributed by atoms with Gasteiger partial charge in [0.05, 0.1) is 14.2 Å². The zero-order chi connectivity index (χ0) is 17.4. The third-order valence-electron chi connectivity index (χ3n) is 4.27. The van der Waals surface area contributed by atoms with Gasteiger partial charge < -0.3 is 14.4 Å². The van der Waals surface area contributed by atoms with Crippen molar-refractivity contribution in [2.75, 3.05) is 20.8 Å². The molecule has 0 aromatic carbocycles. The molecule has 0 radical (unpaired) electrons. The lowest BCUT2D eigenvalue weighted by Crippen LogP contribution is -2.41. The fourth-order valence-corrected chi connectivity index (χ4v) is 4.59. The first-order chi connectivity index (χ1) is 10.8. The van der Waals surface area contributed by atoms with Gasteiger partial charge in [-0.05, 0) is 19.1 Å². The smallest absolute Gasteiger partial charge is 0.237 e. The normalized spacial score (nSPS) is 23.7. The highest BCUT2D eigenvalue weighted by molar-refractivity contribution is 8.01. The average Bonchev–Trinajstić information content (AvgIpc) is 2.76. The van der Waals surface area contributed by atoms with Gasteiger partial charge in [-0.15, -0.1) is 11.8 Å². The molecule has 1 fully saturated rings. The number of nitrogens with zero attached hydrogens (tertiary/aromatic N) is 1. The molecule has 1 amide bonds. The third-order valence-corrected chi connectivity index (χ3v) is 5.69. The van der Waals surface area contributed by atoms with Gasteiger partial charge >= 0.3 is 0 Å². The molecule has 1 spiro atoms. The van der Waals surface area contributed by atoms with E-state index >= 15 is 0 Å². The Morgan fingerprint density at radius 1 is 1.13 bits per heavy atom. The molecule has 0 N–H and O–H groups in total. The molecule has 0 aromatic rings. The highest BCUT2D eigenvalue weighted by atomic mass is 32.2. The number of likely N-dealkylation sites (tertiary alicyclic amines) is 1. The van der Waals surface area contributed by atoms with Crippen LogP contribution in [0.5, 0.6) is 0 Å². The van der Waals surface area contributed by atoms with Gasteiger partial charge in [0.25, 0.3) is 0 Å². The molecule has 128 valence electrons. The summed E-state index contributed by atoms with van der Waals surface area (Å²) in [5.74, 6) is 0.917. The van der Waals surface area contributed by atoms with Crippen LogP contribution in [0.4, 0.5) is 0 Å². The number of carbonyl (C=O) groups excluding carboxylic acids is 2. The standard InChI is InChI=1S/C17H25NO4S/c1-10(2)18-9-17(15(16(18)20)23-11(3)4)13(21-5)7-12(19)8-14(17)22-6/h7-8,10-11,15H,9H2,1-6H3. The molecule has 1 aliphatic carbocycles. The quantitative estimate of drug-likeness (QED) is 0.770. The lowest BCUT2D eigenvalue weighted by Gasteiger charge is -2.37. The molecule has 2 rings (SSSR count). The van der Waals surface area contributed by atoms with Crippen LogP contribution in [0, 0.1) is 5.41 Å². The number of hydrogen-bond acceptors (Lipinski definition) is 5. The lowest BCUT2D eigenvalue weighted by atomic mass is 9.78. The minimum absolute atomic E-state index is 0.0685. The van der Waals surface area contributed by atoms with Crippen LogP contribution in [0.25, 0.3) is 0 Å². The van der Waals surface area contributed by atoms with Crippen LogP contribution in [0.3, 0.4) is 0 Å². The van der Waals surface area contributed by atoms with E-state index in [4.69, 9.17) is 9.47 Å². The zero-order valence-electron chi connectivity index (χ0n) is 14.6. The maximum absolute atomic E-state index is 13.0. The molecule has 0 saturated carbocycles. The number of carbonyl (C=O) groups is 2. The molecule has 1 aliphatic heterocycles. The number of allylic oxidation sites excluding steroid dienone is 2. The highest BCUT2D eigenvalue weighted by Crippen LogP contribution is 2.52. The summed E-state index contributed by atoms with van der Waals surface area (Å²) in [6, 6.07) is 0.0750. The SMILES string of the molecule is COC1=CC(=O)C=C(OC)C12CN(C(C)C)C(=O)C2SC(C)C. The summed E-state index contributed by atoms with van der Waals surface area (Å²) in [4.78, 5) is 26.8. The van der Waals surface area contributed by atoms with E-state index in [9.17, 15) is 9.59 Å². The number of ketones is 1. The Hall–Kier alpha value is -1.43. The first-order valence-corrected chi connectivity index (χ1v) is 8.74.